The number of carbonyl (C=O) groups is 1. The largest absolute Gasteiger partial charge is 1.00 e. The van der Waals surface area contributed by atoms with E-state index in [1.165, 1.54) is 11.1 Å². The third-order valence-corrected chi connectivity index (χ3v) is 2.65. The molecule has 4 heteroatoms. The van der Waals surface area contributed by atoms with Crippen LogP contribution in [0.25, 0.3) is 0 Å². The molecule has 16 heavy (non-hydrogen) atoms. The Kier molecular flexibility index (Phi) is 4.77. The van der Waals surface area contributed by atoms with Crippen molar-refractivity contribution in [3.05, 3.63) is 35.4 Å². The van der Waals surface area contributed by atoms with Crippen molar-refractivity contribution in [1.82, 2.24) is 5.32 Å². The minimum Gasteiger partial charge on any atom is -1.00 e. The van der Waals surface area contributed by atoms with Crippen LogP contribution >= 0.6 is 0 Å². The summed E-state index contributed by atoms with van der Waals surface area (Å²) in [4.78, 5) is 11.5. The summed E-state index contributed by atoms with van der Waals surface area (Å²) in [6.45, 7) is 3.02. The van der Waals surface area contributed by atoms with E-state index in [4.69, 9.17) is 4.74 Å². The molecule has 1 N–H and O–H groups in total. The number of esters is 1. The Morgan fingerprint density at radius 1 is 1.50 bits per heavy atom. The Morgan fingerprint density at radius 3 is 2.88 bits per heavy atom. The summed E-state index contributed by atoms with van der Waals surface area (Å²) >= 11 is 0. The molecule has 1 unspecified atom stereocenters. The van der Waals surface area contributed by atoms with E-state index >= 15 is 0 Å². The van der Waals surface area contributed by atoms with Crippen molar-refractivity contribution in [2.24, 2.45) is 0 Å². The molecule has 1 heterocycles. The van der Waals surface area contributed by atoms with E-state index in [1.54, 1.807) is 0 Å². The van der Waals surface area contributed by atoms with Crippen LogP contribution < -0.4 is 17.7 Å². The molecular weight excluding hydrogens is 226 g/mol. The van der Waals surface area contributed by atoms with Gasteiger partial charge in [0.25, 0.3) is 0 Å². The number of ether oxygens (including phenoxy) is 1. The molecule has 0 aliphatic carbocycles. The van der Waals surface area contributed by atoms with E-state index in [0.29, 0.717) is 6.61 Å². The number of hydrogen-bond donors (Lipinski definition) is 1. The lowest BCUT2D eigenvalue weighted by atomic mass is 9.96. The number of nitrogens with one attached hydrogen (secondary N) is 1. The molecule has 0 spiro atoms. The molecule has 1 aromatic carbocycles. The molecule has 88 valence electrons. The minimum absolute atomic E-state index is 0. The summed E-state index contributed by atoms with van der Waals surface area (Å²) in [6, 6.07) is 8.00. The average Bonchev–Trinajstić information content (AvgIpc) is 2.29. The van der Waals surface area contributed by atoms with Crippen LogP contribution in [0.15, 0.2) is 24.3 Å². The van der Waals surface area contributed by atoms with Crippen LogP contribution in [0, 0.1) is 0 Å². The van der Waals surface area contributed by atoms with Gasteiger partial charge in [-0.25, -0.2) is 0 Å². The molecule has 0 bridgehead atoms. The van der Waals surface area contributed by atoms with Crippen LogP contribution in [0.1, 0.15) is 19.5 Å². The normalized spacial score (nSPS) is 18.2. The first-order valence-corrected chi connectivity index (χ1v) is 5.28. The van der Waals surface area contributed by atoms with Crippen molar-refractivity contribution in [1.29, 1.82) is 0 Å². The van der Waals surface area contributed by atoms with Crippen molar-refractivity contribution >= 4 is 5.97 Å². The Morgan fingerprint density at radius 2 is 2.19 bits per heavy atom. The van der Waals surface area contributed by atoms with Gasteiger partial charge in [-0.15, -0.1) is 0 Å². The highest BCUT2D eigenvalue weighted by Gasteiger charge is 2.24. The second-order valence-electron chi connectivity index (χ2n) is 3.66. The van der Waals surface area contributed by atoms with Crippen LogP contribution in [-0.2, 0) is 22.5 Å². The van der Waals surface area contributed by atoms with Crippen LogP contribution in [0.2, 0.25) is 0 Å². The number of hydrogen-bond acceptors (Lipinski definition) is 3. The quantitative estimate of drug-likeness (QED) is 0.633. The average molecular weight is 242 g/mol. The number of fused-ring (bicyclic) bond motifs is 1. The zero-order valence-corrected chi connectivity index (χ0v) is 9.96. The van der Waals surface area contributed by atoms with Crippen molar-refractivity contribution < 1.29 is 23.4 Å². The Balaban J connectivity index is 0.00000128. The summed E-state index contributed by atoms with van der Waals surface area (Å²) in [5.41, 5.74) is 2.52. The highest BCUT2D eigenvalue weighted by atomic mass is 35.5. The molecule has 0 fully saturated rings. The van der Waals surface area contributed by atoms with E-state index in [9.17, 15) is 4.79 Å². The summed E-state index contributed by atoms with van der Waals surface area (Å²) in [5.74, 6) is -0.146. The zero-order valence-electron chi connectivity index (χ0n) is 10.2. The molecular formula is C12H16ClNO2. The summed E-state index contributed by atoms with van der Waals surface area (Å²) in [5, 5.41) is 3.19. The number of rotatable bonds is 2. The number of carbonyl (C=O) groups excluding carboxylic acids is 1. The van der Waals surface area contributed by atoms with Gasteiger partial charge in [0.05, 0.1) is 6.61 Å². The van der Waals surface area contributed by atoms with Crippen molar-refractivity contribution in [3.8, 4) is 0 Å². The van der Waals surface area contributed by atoms with Gasteiger partial charge in [0, 0.05) is 6.54 Å². The first-order chi connectivity index (χ1) is 7.31. The first-order valence-electron chi connectivity index (χ1n) is 5.28. The van der Waals surface area contributed by atoms with Crippen molar-refractivity contribution in [3.63, 3.8) is 0 Å². The van der Waals surface area contributed by atoms with Crippen LogP contribution in [-0.4, -0.2) is 18.6 Å². The fourth-order valence-corrected chi connectivity index (χ4v) is 1.86. The lowest BCUT2D eigenvalue weighted by molar-refractivity contribution is -0.145. The molecule has 1 atom stereocenters. The Labute approximate surface area is 103 Å². The van der Waals surface area contributed by atoms with E-state index in [2.05, 4.69) is 17.4 Å². The zero-order chi connectivity index (χ0) is 10.7. The van der Waals surface area contributed by atoms with Crippen LogP contribution in [0.4, 0.5) is 0 Å². The predicted octanol–water partition coefficient (Wildman–Crippen LogP) is -1.62. The SMILES string of the molecule is CCOC(=O)C1Cc2ccccc2CN1.[Cl-].[H+]. The second kappa shape index (κ2) is 5.87. The van der Waals surface area contributed by atoms with Gasteiger partial charge in [-0.2, -0.15) is 0 Å². The monoisotopic (exact) mass is 241 g/mol. The van der Waals surface area contributed by atoms with Gasteiger partial charge in [-0.3, -0.25) is 4.79 Å². The highest BCUT2D eigenvalue weighted by Crippen LogP contribution is 2.16. The van der Waals surface area contributed by atoms with Crippen molar-refractivity contribution in [2.45, 2.75) is 25.9 Å². The van der Waals surface area contributed by atoms with Gasteiger partial charge in [0.2, 0.25) is 0 Å². The lowest BCUT2D eigenvalue weighted by Crippen LogP contribution is -3.00. The molecule has 1 aliphatic rings. The molecule has 2 rings (SSSR count). The number of benzene rings is 1. The fourth-order valence-electron chi connectivity index (χ4n) is 1.86. The topological polar surface area (TPSA) is 38.3 Å². The maximum Gasteiger partial charge on any atom is 1.00 e. The standard InChI is InChI=1S/C12H15NO2.ClH/c1-2-15-12(14)11-7-9-5-3-4-6-10(9)8-13-11;/h3-6,11,13H,2,7-8H2,1H3;1H. The maximum absolute atomic E-state index is 11.5. The third kappa shape index (κ3) is 2.74. The van der Waals surface area contributed by atoms with E-state index in [0.717, 1.165) is 13.0 Å². The minimum atomic E-state index is -0.181. The fraction of sp³-hybridized carbons (Fsp3) is 0.417. The van der Waals surface area contributed by atoms with E-state index < -0.39 is 0 Å². The smallest absolute Gasteiger partial charge is 1.00 e. The summed E-state index contributed by atoms with van der Waals surface area (Å²) < 4.78 is 4.99. The molecule has 1 aliphatic heterocycles. The molecule has 0 radical (unpaired) electrons. The highest BCUT2D eigenvalue weighted by molar-refractivity contribution is 5.76. The Bertz CT molecular complexity index is 373. The molecule has 0 saturated heterocycles. The molecule has 1 aromatic rings. The lowest BCUT2D eigenvalue weighted by Gasteiger charge is -2.24. The maximum atomic E-state index is 11.5. The van der Waals surface area contributed by atoms with Gasteiger partial charge >= 0.3 is 7.40 Å². The van der Waals surface area contributed by atoms with Crippen molar-refractivity contribution in [2.75, 3.05) is 6.61 Å². The predicted molar refractivity (Wildman–Crippen MR) is 58.5 cm³/mol. The van der Waals surface area contributed by atoms with Gasteiger partial charge in [0.1, 0.15) is 6.04 Å². The summed E-state index contributed by atoms with van der Waals surface area (Å²) in [6.07, 6.45) is 0.731. The summed E-state index contributed by atoms with van der Waals surface area (Å²) in [7, 11) is 0. The Hall–Kier alpha value is -1.06. The van der Waals surface area contributed by atoms with Gasteiger partial charge in [-0.05, 0) is 24.5 Å². The second-order valence-corrected chi connectivity index (χ2v) is 3.66. The first kappa shape index (κ1) is 13.0. The van der Waals surface area contributed by atoms with E-state index in [1.807, 2.05) is 19.1 Å². The van der Waals surface area contributed by atoms with Crippen LogP contribution in [0.3, 0.4) is 0 Å². The van der Waals surface area contributed by atoms with Gasteiger partial charge < -0.3 is 22.5 Å². The molecule has 0 saturated carbocycles. The molecule has 3 nitrogen and oxygen atoms in total. The molecule has 0 amide bonds. The van der Waals surface area contributed by atoms with Crippen LogP contribution in [0.5, 0.6) is 0 Å². The third-order valence-electron chi connectivity index (χ3n) is 2.65. The number of halogens is 1. The van der Waals surface area contributed by atoms with Gasteiger partial charge in [-0.1, -0.05) is 24.3 Å². The van der Waals surface area contributed by atoms with E-state index in [-0.39, 0.29) is 25.8 Å². The molecule has 0 aromatic heterocycles. The van der Waals surface area contributed by atoms with Gasteiger partial charge in [0.15, 0.2) is 0 Å².